The zero-order chi connectivity index (χ0) is 17.9. The molecule has 1 radical (unpaired) electrons. The van der Waals surface area contributed by atoms with Gasteiger partial charge in [0.1, 0.15) is 11.5 Å². The summed E-state index contributed by atoms with van der Waals surface area (Å²) in [5.74, 6) is -0.279. The Morgan fingerprint density at radius 3 is 1.20 bits per heavy atom. The molecule has 0 fully saturated rings. The van der Waals surface area contributed by atoms with Gasteiger partial charge in [0.2, 0.25) is 0 Å². The van der Waals surface area contributed by atoms with Crippen molar-refractivity contribution in [3.8, 4) is 0 Å². The number of benzene rings is 2. The number of carbonyl (C=O) groups excluding carboxylic acids is 2. The first-order chi connectivity index (χ1) is 11.4. The second-order valence-corrected chi connectivity index (χ2v) is 5.01. The van der Waals surface area contributed by atoms with E-state index in [2.05, 4.69) is 0 Å². The van der Waals surface area contributed by atoms with Crippen LogP contribution in [0.25, 0.3) is 11.5 Å². The van der Waals surface area contributed by atoms with Crippen LogP contribution in [0.4, 0.5) is 0 Å². The normalized spacial score (nSPS) is 10.8. The molecule has 4 nitrogen and oxygen atoms in total. The topological polar surface area (TPSA) is 74.6 Å². The summed E-state index contributed by atoms with van der Waals surface area (Å²) in [6.07, 6.45) is 2.41. The summed E-state index contributed by atoms with van der Waals surface area (Å²) < 4.78 is 0. The van der Waals surface area contributed by atoms with Crippen molar-refractivity contribution in [3.63, 3.8) is 0 Å². The molecule has 0 atom stereocenters. The molecular weight excluding hydrogens is 368 g/mol. The maximum Gasteiger partial charge on any atom is 0.156 e. The van der Waals surface area contributed by atoms with Crippen LogP contribution in [0, 0.1) is 0 Å². The van der Waals surface area contributed by atoms with Crippen LogP contribution in [0.5, 0.6) is 0 Å². The zero-order valence-electron chi connectivity index (χ0n) is 13.9. The molecule has 135 valence electrons. The summed E-state index contributed by atoms with van der Waals surface area (Å²) >= 11 is 0. The molecule has 2 N–H and O–H groups in total. The Morgan fingerprint density at radius 1 is 0.680 bits per heavy atom. The van der Waals surface area contributed by atoms with Gasteiger partial charge < -0.3 is 10.2 Å². The summed E-state index contributed by atoms with van der Waals surface area (Å²) in [7, 11) is 0. The van der Waals surface area contributed by atoms with E-state index < -0.39 is 0 Å². The number of hydrogen-bond acceptors (Lipinski definition) is 4. The maximum absolute atomic E-state index is 10.6. The molecule has 2 aromatic rings. The van der Waals surface area contributed by atoms with Gasteiger partial charge in [0.25, 0.3) is 0 Å². The van der Waals surface area contributed by atoms with Crippen LogP contribution in [-0.2, 0) is 26.7 Å². The van der Waals surface area contributed by atoms with Crippen molar-refractivity contribution >= 4 is 23.1 Å². The van der Waals surface area contributed by atoms with Gasteiger partial charge in [0, 0.05) is 40.3 Å². The van der Waals surface area contributed by atoms with Gasteiger partial charge in [-0.1, -0.05) is 60.7 Å². The van der Waals surface area contributed by atoms with Crippen LogP contribution in [0.3, 0.4) is 0 Å². The van der Waals surface area contributed by atoms with Crippen molar-refractivity contribution in [1.29, 1.82) is 0 Å². The van der Waals surface area contributed by atoms with Gasteiger partial charge in [-0.25, -0.2) is 0 Å². The molecule has 0 aliphatic heterocycles. The van der Waals surface area contributed by atoms with Crippen molar-refractivity contribution < 1.29 is 36.9 Å². The number of aliphatic hydroxyl groups is 2. The van der Waals surface area contributed by atoms with Crippen LogP contribution < -0.4 is 0 Å². The zero-order valence-corrected chi connectivity index (χ0v) is 14.9. The van der Waals surface area contributed by atoms with Crippen molar-refractivity contribution in [2.24, 2.45) is 0 Å². The maximum atomic E-state index is 10.6. The first-order valence-corrected chi connectivity index (χ1v) is 7.33. The molecule has 0 saturated heterocycles. The molecule has 0 bridgehead atoms. The summed E-state index contributed by atoms with van der Waals surface area (Å²) in [5.41, 5.74) is 1.32. The molecule has 0 aliphatic carbocycles. The molecule has 0 amide bonds. The Morgan fingerprint density at radius 2 is 0.960 bits per heavy atom. The van der Waals surface area contributed by atoms with E-state index in [1.165, 1.54) is 26.0 Å². The average molecular weight is 388 g/mol. The molecule has 0 spiro atoms. The van der Waals surface area contributed by atoms with E-state index >= 15 is 0 Å². The van der Waals surface area contributed by atoms with Gasteiger partial charge in [-0.05, 0) is 13.8 Å². The molecule has 0 aliphatic rings. The smallest absolute Gasteiger partial charge is 0.156 e. The first-order valence-electron chi connectivity index (χ1n) is 7.33. The largest absolute Gasteiger partial charge is 0.507 e. The third-order valence-corrected chi connectivity index (χ3v) is 2.82. The molecule has 25 heavy (non-hydrogen) atoms. The van der Waals surface area contributed by atoms with E-state index in [-0.39, 0.29) is 40.2 Å². The molecule has 2 rings (SSSR count). The second-order valence-electron chi connectivity index (χ2n) is 5.01. The van der Waals surface area contributed by atoms with Gasteiger partial charge in [-0.3, -0.25) is 9.59 Å². The SMILES string of the molecule is CC(=O)/C=C(\O)c1ccccc1.CC(=O)/C=C(\O)c1ccccc1.[Cu]. The minimum absolute atomic E-state index is 0. The number of aliphatic hydroxyl groups excluding tert-OH is 2. The molecule has 2 aromatic carbocycles. The van der Waals surface area contributed by atoms with Gasteiger partial charge >= 0.3 is 0 Å². The van der Waals surface area contributed by atoms with E-state index in [1.54, 1.807) is 48.5 Å². The Labute approximate surface area is 158 Å². The summed E-state index contributed by atoms with van der Waals surface area (Å²) in [6.45, 7) is 2.80. The van der Waals surface area contributed by atoms with Crippen LogP contribution in [0.1, 0.15) is 25.0 Å². The number of ketones is 2. The van der Waals surface area contributed by atoms with E-state index in [0.717, 1.165) is 0 Å². The molecule has 0 heterocycles. The van der Waals surface area contributed by atoms with Crippen LogP contribution >= 0.6 is 0 Å². The molecule has 0 aromatic heterocycles. The van der Waals surface area contributed by atoms with Crippen molar-refractivity contribution in [2.45, 2.75) is 13.8 Å². The average Bonchev–Trinajstić information content (AvgIpc) is 2.56. The number of hydrogen-bond donors (Lipinski definition) is 2. The molecule has 0 saturated carbocycles. The Kier molecular flexibility index (Phi) is 10.6. The quantitative estimate of drug-likeness (QED) is 0.464. The first kappa shape index (κ1) is 22.4. The minimum Gasteiger partial charge on any atom is -0.507 e. The fraction of sp³-hybridized carbons (Fsp3) is 0.100. The van der Waals surface area contributed by atoms with Crippen molar-refractivity contribution in [3.05, 3.63) is 83.9 Å². The summed E-state index contributed by atoms with van der Waals surface area (Å²) in [5, 5.41) is 18.7. The third-order valence-electron chi connectivity index (χ3n) is 2.82. The standard InChI is InChI=1S/2C10H10O2.Cu/c2*1-8(11)7-10(12)9-5-3-2-4-6-9;/h2*2-7,12H,1H3;/b2*10-7-;. The fourth-order valence-electron chi connectivity index (χ4n) is 1.77. The third kappa shape index (κ3) is 9.30. The predicted octanol–water partition coefficient (Wildman–Crippen LogP) is 4.35. The van der Waals surface area contributed by atoms with Crippen LogP contribution in [0.2, 0.25) is 0 Å². The van der Waals surface area contributed by atoms with Crippen LogP contribution in [-0.4, -0.2) is 21.8 Å². The van der Waals surface area contributed by atoms with Crippen molar-refractivity contribution in [1.82, 2.24) is 0 Å². The monoisotopic (exact) mass is 387 g/mol. The minimum atomic E-state index is -0.156. The second kappa shape index (κ2) is 11.8. The molecule has 5 heteroatoms. The van der Waals surface area contributed by atoms with E-state index in [0.29, 0.717) is 11.1 Å². The van der Waals surface area contributed by atoms with Gasteiger partial charge in [-0.15, -0.1) is 0 Å². The number of rotatable bonds is 4. The van der Waals surface area contributed by atoms with E-state index in [1.807, 2.05) is 12.1 Å². The number of allylic oxidation sites excluding steroid dienone is 2. The molecular formula is C20H20CuO4. The predicted molar refractivity (Wildman–Crippen MR) is 95.5 cm³/mol. The number of carbonyl (C=O) groups is 2. The summed E-state index contributed by atoms with van der Waals surface area (Å²) in [6, 6.07) is 17.9. The van der Waals surface area contributed by atoms with Gasteiger partial charge in [0.15, 0.2) is 11.6 Å². The molecule has 0 unspecified atom stereocenters. The Hall–Kier alpha value is -2.62. The summed E-state index contributed by atoms with van der Waals surface area (Å²) in [4.78, 5) is 21.2. The van der Waals surface area contributed by atoms with Crippen molar-refractivity contribution in [2.75, 3.05) is 0 Å². The Balaban J connectivity index is 0.000000443. The van der Waals surface area contributed by atoms with Gasteiger partial charge in [0.05, 0.1) is 0 Å². The van der Waals surface area contributed by atoms with E-state index in [4.69, 9.17) is 0 Å². The fourth-order valence-corrected chi connectivity index (χ4v) is 1.77. The van der Waals surface area contributed by atoms with E-state index in [9.17, 15) is 19.8 Å². The Bertz CT molecular complexity index is 669. The van der Waals surface area contributed by atoms with Gasteiger partial charge in [-0.2, -0.15) is 0 Å². The van der Waals surface area contributed by atoms with Crippen LogP contribution in [0.15, 0.2) is 72.8 Å².